The molecule has 0 aromatic heterocycles. The minimum Gasteiger partial charge on any atom is -1.00 e. The molecule has 4 nitrogen and oxygen atoms in total. The van der Waals surface area contributed by atoms with Crippen molar-refractivity contribution in [2.45, 2.75) is 53.5 Å². The van der Waals surface area contributed by atoms with Gasteiger partial charge in [-0.15, -0.1) is 17.4 Å². The summed E-state index contributed by atoms with van der Waals surface area (Å²) in [6.45, 7) is 11.5. The number of carbonyl (C=O) groups is 2. The smallest absolute Gasteiger partial charge is 0.370 e. The topological polar surface area (TPSA) is 41.8 Å². The second-order valence-electron chi connectivity index (χ2n) is 7.81. The van der Waals surface area contributed by atoms with Gasteiger partial charge in [0.2, 0.25) is 0 Å². The molecule has 1 unspecified atom stereocenters. The minimum absolute atomic E-state index is 0. The highest BCUT2D eigenvalue weighted by molar-refractivity contribution is 6.23. The maximum Gasteiger partial charge on any atom is 0.370 e. The fourth-order valence-corrected chi connectivity index (χ4v) is 3.36. The zero-order chi connectivity index (χ0) is 20.4. The molecule has 2 rings (SSSR count). The van der Waals surface area contributed by atoms with Crippen LogP contribution in [-0.4, -0.2) is 21.9 Å². The molecular weight excluding hydrogens is 431 g/mol. The molecule has 0 spiro atoms. The number of carbonyl (C=O) groups excluding carboxylic acids is 2. The first kappa shape index (κ1) is 27.4. The molecule has 1 atom stereocenters. The van der Waals surface area contributed by atoms with E-state index in [4.69, 9.17) is 11.8 Å². The predicted octanol–water partition coefficient (Wildman–Crippen LogP) is 1.33. The highest BCUT2D eigenvalue weighted by Gasteiger charge is 2.42. The molecule has 0 bridgehead atoms. The molecule has 0 fully saturated rings. The Morgan fingerprint density at radius 2 is 1.59 bits per heavy atom. The van der Waals surface area contributed by atoms with Crippen LogP contribution >= 0.6 is 24.2 Å². The van der Waals surface area contributed by atoms with E-state index in [1.807, 2.05) is 58.9 Å². The quantitative estimate of drug-likeness (QED) is 0.556. The summed E-state index contributed by atoms with van der Waals surface area (Å²) >= 11 is 6.47. The lowest BCUT2D eigenvalue weighted by Crippen LogP contribution is -3.25. The van der Waals surface area contributed by atoms with Crippen LogP contribution in [0.3, 0.4) is 0 Å². The van der Waals surface area contributed by atoms with Gasteiger partial charge in [-0.05, 0) is 75.9 Å². The van der Waals surface area contributed by atoms with Crippen molar-refractivity contribution in [1.82, 2.24) is 4.53 Å². The van der Waals surface area contributed by atoms with Crippen molar-refractivity contribution in [2.24, 2.45) is 0 Å². The van der Waals surface area contributed by atoms with Crippen LogP contribution in [0.1, 0.15) is 65.1 Å². The fourth-order valence-electron chi connectivity index (χ4n) is 2.94. The zero-order valence-electron chi connectivity index (χ0n) is 17.7. The maximum atomic E-state index is 13.2. The normalized spacial score (nSPS) is 11.7. The van der Waals surface area contributed by atoms with Gasteiger partial charge in [-0.3, -0.25) is 4.79 Å². The number of hydrogen-bond donors (Lipinski definition) is 1. The summed E-state index contributed by atoms with van der Waals surface area (Å²) in [5, 5.41) is 0.263. The number of halogens is 3. The SMILES string of the molecule is CCc1ccc(C(=O)[NH+](N(Cl)C(=O)c2cccc(C)c2C)C(C)(C)C)cc1.Cl.[Cl-]. The first-order valence-electron chi connectivity index (χ1n) is 9.15. The van der Waals surface area contributed by atoms with Crippen LogP contribution in [0.5, 0.6) is 0 Å². The van der Waals surface area contributed by atoms with E-state index in [0.29, 0.717) is 11.1 Å². The number of nitrogens with one attached hydrogen (secondary N) is 1. The molecule has 29 heavy (non-hydrogen) atoms. The van der Waals surface area contributed by atoms with Crippen molar-refractivity contribution >= 4 is 36.0 Å². The third-order valence-corrected chi connectivity index (χ3v) is 5.08. The van der Waals surface area contributed by atoms with E-state index in [-0.39, 0.29) is 41.6 Å². The van der Waals surface area contributed by atoms with Gasteiger partial charge in [0.1, 0.15) is 5.54 Å². The number of nitrogens with zero attached hydrogens (tertiary/aromatic N) is 1. The summed E-state index contributed by atoms with van der Waals surface area (Å²) in [5.74, 6) is -0.625. The van der Waals surface area contributed by atoms with Crippen LogP contribution in [0.25, 0.3) is 0 Å². The van der Waals surface area contributed by atoms with Gasteiger partial charge in [-0.2, -0.15) is 0 Å². The third-order valence-electron chi connectivity index (χ3n) is 4.76. The van der Waals surface area contributed by atoms with Crippen LogP contribution < -0.4 is 17.4 Å². The van der Waals surface area contributed by atoms with Crippen LogP contribution in [0.15, 0.2) is 42.5 Å². The van der Waals surface area contributed by atoms with Crippen molar-refractivity contribution in [2.75, 3.05) is 0 Å². The van der Waals surface area contributed by atoms with E-state index >= 15 is 0 Å². The van der Waals surface area contributed by atoms with Crippen molar-refractivity contribution in [3.63, 3.8) is 0 Å². The van der Waals surface area contributed by atoms with Crippen molar-refractivity contribution < 1.29 is 27.0 Å². The number of aryl methyl sites for hydroxylation is 2. The van der Waals surface area contributed by atoms with Gasteiger partial charge in [-0.1, -0.05) is 35.7 Å². The van der Waals surface area contributed by atoms with Gasteiger partial charge in [0.25, 0.3) is 0 Å². The monoisotopic (exact) mass is 458 g/mol. The summed E-state index contributed by atoms with van der Waals surface area (Å²) in [6.07, 6.45) is 0.900. The van der Waals surface area contributed by atoms with Gasteiger partial charge >= 0.3 is 11.8 Å². The Hall–Kier alpha value is -1.59. The first-order valence-corrected chi connectivity index (χ1v) is 9.49. The number of amides is 2. The second-order valence-corrected chi connectivity index (χ2v) is 8.15. The number of benzene rings is 2. The Morgan fingerprint density at radius 3 is 2.07 bits per heavy atom. The zero-order valence-corrected chi connectivity index (χ0v) is 20.0. The largest absolute Gasteiger partial charge is 1.00 e. The number of hydrogen-bond acceptors (Lipinski definition) is 2. The molecule has 2 aromatic carbocycles. The average Bonchev–Trinajstić information content (AvgIpc) is 2.62. The molecule has 1 N–H and O–H groups in total. The Morgan fingerprint density at radius 1 is 1.03 bits per heavy atom. The summed E-state index contributed by atoms with van der Waals surface area (Å²) in [4.78, 5) is 26.3. The van der Waals surface area contributed by atoms with E-state index in [1.54, 1.807) is 18.2 Å². The van der Waals surface area contributed by atoms with E-state index in [0.717, 1.165) is 27.6 Å². The molecule has 0 heterocycles. The molecule has 0 aliphatic rings. The molecular formula is C22H29Cl3N2O2. The van der Waals surface area contributed by atoms with E-state index < -0.39 is 5.54 Å². The maximum absolute atomic E-state index is 13.2. The Labute approximate surface area is 191 Å². The van der Waals surface area contributed by atoms with E-state index in [9.17, 15) is 9.59 Å². The molecule has 7 heteroatoms. The molecule has 0 radical (unpaired) electrons. The summed E-state index contributed by atoms with van der Waals surface area (Å²) < 4.78 is 0.998. The Kier molecular flexibility index (Phi) is 10.4. The number of quaternary nitrogens is 1. The molecule has 0 saturated carbocycles. The fraction of sp³-hybridized carbons (Fsp3) is 0.364. The van der Waals surface area contributed by atoms with Crippen LogP contribution in [0.4, 0.5) is 0 Å². The molecule has 0 saturated heterocycles. The van der Waals surface area contributed by atoms with Gasteiger partial charge in [0.15, 0.2) is 0 Å². The van der Waals surface area contributed by atoms with Crippen molar-refractivity contribution in [1.29, 1.82) is 0 Å². The van der Waals surface area contributed by atoms with Gasteiger partial charge in [0, 0.05) is 5.56 Å². The molecule has 2 amide bonds. The molecule has 0 aliphatic carbocycles. The second kappa shape index (κ2) is 11.0. The van der Waals surface area contributed by atoms with Gasteiger partial charge in [0.05, 0.1) is 17.3 Å². The Bertz CT molecular complexity index is 846. The van der Waals surface area contributed by atoms with Crippen molar-refractivity contribution in [3.8, 4) is 0 Å². The van der Waals surface area contributed by atoms with E-state index in [2.05, 4.69) is 6.92 Å². The highest BCUT2D eigenvalue weighted by Crippen LogP contribution is 2.15. The lowest BCUT2D eigenvalue weighted by molar-refractivity contribution is -0.951. The highest BCUT2D eigenvalue weighted by atomic mass is 35.5. The minimum atomic E-state index is -0.602. The first-order chi connectivity index (χ1) is 12.6. The molecule has 0 aliphatic heterocycles. The van der Waals surface area contributed by atoms with Crippen LogP contribution in [0.2, 0.25) is 0 Å². The Balaban J connectivity index is 0.00000392. The lowest BCUT2D eigenvalue weighted by atomic mass is 10.0. The molecule has 2 aromatic rings. The van der Waals surface area contributed by atoms with E-state index in [1.165, 1.54) is 0 Å². The summed E-state index contributed by atoms with van der Waals surface area (Å²) in [7, 11) is 0. The number of rotatable bonds is 3. The summed E-state index contributed by atoms with van der Waals surface area (Å²) in [5.41, 5.74) is 3.44. The lowest BCUT2D eigenvalue weighted by Gasteiger charge is -2.33. The van der Waals surface area contributed by atoms with Crippen LogP contribution in [-0.2, 0) is 6.42 Å². The standard InChI is InChI=1S/C22H27ClN2O2.2ClH/c1-7-17-11-13-18(14-12-17)20(26)24(22(4,5)6)25(23)21(27)19-10-8-9-15(2)16(19)3;;/h8-14H,7H2,1-6H3;2*1H. The van der Waals surface area contributed by atoms with Gasteiger partial charge < -0.3 is 12.4 Å². The molecule has 160 valence electrons. The average molecular weight is 460 g/mol. The van der Waals surface area contributed by atoms with Crippen LogP contribution in [0, 0.1) is 13.8 Å². The summed E-state index contributed by atoms with van der Waals surface area (Å²) in [6, 6.07) is 12.9. The van der Waals surface area contributed by atoms with Crippen molar-refractivity contribution in [3.05, 3.63) is 70.3 Å². The van der Waals surface area contributed by atoms with Gasteiger partial charge in [-0.25, -0.2) is 4.79 Å². The predicted molar refractivity (Wildman–Crippen MR) is 116 cm³/mol. The third kappa shape index (κ3) is 6.19.